The second kappa shape index (κ2) is 4.29. The van der Waals surface area contributed by atoms with Crippen LogP contribution in [0.15, 0.2) is 18.7 Å². The fraction of sp³-hybridized carbons (Fsp3) is 0.556. The Balaban J connectivity index is 0.000000980. The lowest BCUT2D eigenvalue weighted by Crippen LogP contribution is -3.00. The highest BCUT2D eigenvalue weighted by atomic mass is 127. The maximum atomic E-state index is 11.7. The molecule has 0 aromatic carbocycles. The molecule has 1 aromatic heterocycles. The fourth-order valence-corrected chi connectivity index (χ4v) is 1.36. The van der Waals surface area contributed by atoms with E-state index < -0.39 is 0 Å². The van der Waals surface area contributed by atoms with Crippen LogP contribution in [-0.2, 0) is 7.05 Å². The summed E-state index contributed by atoms with van der Waals surface area (Å²) in [7, 11) is 3.76. The lowest BCUT2D eigenvalue weighted by atomic mass is 10.6. The van der Waals surface area contributed by atoms with Gasteiger partial charge in [-0.15, -0.1) is 0 Å². The molecule has 0 atom stereocenters. The monoisotopic (exact) mass is 307 g/mol. The molecule has 0 bridgehead atoms. The molecule has 4 nitrogen and oxygen atoms in total. The van der Waals surface area contributed by atoms with Crippen LogP contribution in [0, 0.1) is 0 Å². The smallest absolute Gasteiger partial charge is 0.415 e. The van der Waals surface area contributed by atoms with E-state index in [1.165, 1.54) is 0 Å². The molecule has 78 valence electrons. The molecule has 1 fully saturated rings. The van der Waals surface area contributed by atoms with E-state index in [9.17, 15) is 4.79 Å². The molecule has 1 amide bonds. The molecule has 0 radical (unpaired) electrons. The number of amides is 1. The summed E-state index contributed by atoms with van der Waals surface area (Å²) in [4.78, 5) is 13.5. The Labute approximate surface area is 101 Å². The number of carbonyl (C=O) groups excluding carboxylic acids is 1. The molecule has 1 aromatic rings. The predicted molar refractivity (Wildman–Crippen MR) is 47.2 cm³/mol. The van der Waals surface area contributed by atoms with Crippen molar-refractivity contribution in [3.63, 3.8) is 0 Å². The Kier molecular flexibility index (Phi) is 3.52. The van der Waals surface area contributed by atoms with Crippen LogP contribution < -0.4 is 28.5 Å². The van der Waals surface area contributed by atoms with Gasteiger partial charge < -0.3 is 28.9 Å². The van der Waals surface area contributed by atoms with Crippen molar-refractivity contribution in [2.24, 2.45) is 7.05 Å². The van der Waals surface area contributed by atoms with Gasteiger partial charge in [-0.25, -0.2) is 9.36 Å². The zero-order valence-electron chi connectivity index (χ0n) is 8.35. The van der Waals surface area contributed by atoms with Gasteiger partial charge in [-0.1, -0.05) is 0 Å². The topological polar surface area (TPSA) is 29.1 Å². The van der Waals surface area contributed by atoms with Crippen LogP contribution in [0.25, 0.3) is 0 Å². The average molecular weight is 307 g/mol. The van der Waals surface area contributed by atoms with Crippen molar-refractivity contribution in [1.29, 1.82) is 0 Å². The first kappa shape index (κ1) is 11.5. The van der Waals surface area contributed by atoms with Crippen molar-refractivity contribution in [1.82, 2.24) is 9.47 Å². The van der Waals surface area contributed by atoms with E-state index in [2.05, 4.69) is 0 Å². The summed E-state index contributed by atoms with van der Waals surface area (Å²) in [5.74, 6) is 0. The van der Waals surface area contributed by atoms with Crippen LogP contribution in [0.1, 0.15) is 12.8 Å². The van der Waals surface area contributed by atoms with Gasteiger partial charge in [-0.2, -0.15) is 4.57 Å². The Morgan fingerprint density at radius 3 is 2.64 bits per heavy atom. The lowest BCUT2D eigenvalue weighted by Gasteiger charge is -2.11. The van der Waals surface area contributed by atoms with Gasteiger partial charge >= 0.3 is 6.03 Å². The first-order valence-electron chi connectivity index (χ1n) is 4.49. The molecule has 0 spiro atoms. The normalized spacial score (nSPS) is 14.7. The second-order valence-corrected chi connectivity index (χ2v) is 3.61. The van der Waals surface area contributed by atoms with Gasteiger partial charge in [0.25, 0.3) is 6.33 Å². The van der Waals surface area contributed by atoms with Crippen molar-refractivity contribution < 1.29 is 33.3 Å². The zero-order chi connectivity index (χ0) is 9.42. The highest BCUT2D eigenvalue weighted by Gasteiger charge is 2.32. The van der Waals surface area contributed by atoms with E-state index in [0.717, 1.165) is 12.8 Å². The molecule has 1 saturated carbocycles. The summed E-state index contributed by atoms with van der Waals surface area (Å²) in [5.41, 5.74) is 0. The van der Waals surface area contributed by atoms with E-state index in [4.69, 9.17) is 0 Å². The Hall–Kier alpha value is -0.590. The van der Waals surface area contributed by atoms with E-state index in [1.807, 2.05) is 24.9 Å². The maximum Gasteiger partial charge on any atom is 0.415 e. The van der Waals surface area contributed by atoms with E-state index in [0.29, 0.717) is 6.04 Å². The van der Waals surface area contributed by atoms with Gasteiger partial charge in [0.2, 0.25) is 0 Å². The number of hydrogen-bond donors (Lipinski definition) is 0. The van der Waals surface area contributed by atoms with Crippen LogP contribution in [0.5, 0.6) is 0 Å². The van der Waals surface area contributed by atoms with Crippen molar-refractivity contribution in [2.45, 2.75) is 18.9 Å². The number of carbonyl (C=O) groups is 1. The lowest BCUT2D eigenvalue weighted by molar-refractivity contribution is -0.670. The first-order chi connectivity index (χ1) is 6.18. The van der Waals surface area contributed by atoms with Gasteiger partial charge in [-0.3, -0.25) is 0 Å². The summed E-state index contributed by atoms with van der Waals surface area (Å²) < 4.78 is 3.47. The van der Waals surface area contributed by atoms with Crippen molar-refractivity contribution in [3.05, 3.63) is 18.7 Å². The van der Waals surface area contributed by atoms with Crippen LogP contribution in [0.2, 0.25) is 0 Å². The largest absolute Gasteiger partial charge is 1.00 e. The second-order valence-electron chi connectivity index (χ2n) is 3.61. The summed E-state index contributed by atoms with van der Waals surface area (Å²) in [6, 6.07) is 0.531. The minimum absolute atomic E-state index is 0. The van der Waals surface area contributed by atoms with Crippen molar-refractivity contribution in [3.8, 4) is 0 Å². The number of halogens is 1. The predicted octanol–water partition coefficient (Wildman–Crippen LogP) is -2.62. The molecular formula is C9H14IN3O. The molecule has 0 unspecified atom stereocenters. The summed E-state index contributed by atoms with van der Waals surface area (Å²) in [6.45, 7) is 0. The van der Waals surface area contributed by atoms with Crippen LogP contribution in [0.3, 0.4) is 0 Å². The van der Waals surface area contributed by atoms with Gasteiger partial charge in [0.1, 0.15) is 12.4 Å². The number of imidazole rings is 1. The number of aromatic nitrogens is 2. The minimum atomic E-state index is 0. The molecular weight excluding hydrogens is 293 g/mol. The van der Waals surface area contributed by atoms with Gasteiger partial charge in [0.05, 0.1) is 7.05 Å². The molecule has 1 aliphatic carbocycles. The summed E-state index contributed by atoms with van der Waals surface area (Å²) in [5, 5.41) is 0. The summed E-state index contributed by atoms with van der Waals surface area (Å²) in [6.07, 6.45) is 7.71. The molecule has 0 saturated heterocycles. The highest BCUT2D eigenvalue weighted by molar-refractivity contribution is 5.76. The summed E-state index contributed by atoms with van der Waals surface area (Å²) >= 11 is 0. The number of nitrogens with zero attached hydrogens (tertiary/aromatic N) is 3. The fourth-order valence-electron chi connectivity index (χ4n) is 1.36. The molecule has 0 aliphatic heterocycles. The molecule has 14 heavy (non-hydrogen) atoms. The highest BCUT2D eigenvalue weighted by Crippen LogP contribution is 2.25. The maximum absolute atomic E-state index is 11.7. The Morgan fingerprint density at radius 1 is 1.57 bits per heavy atom. The molecule has 2 rings (SSSR count). The minimum Gasteiger partial charge on any atom is -1.00 e. The van der Waals surface area contributed by atoms with Gasteiger partial charge in [0.15, 0.2) is 0 Å². The molecule has 5 heteroatoms. The van der Waals surface area contributed by atoms with Crippen LogP contribution >= 0.6 is 0 Å². The van der Waals surface area contributed by atoms with E-state index >= 15 is 0 Å². The molecule has 1 heterocycles. The quantitative estimate of drug-likeness (QED) is 0.413. The Morgan fingerprint density at radius 2 is 2.21 bits per heavy atom. The third kappa shape index (κ3) is 2.26. The van der Waals surface area contributed by atoms with Crippen molar-refractivity contribution in [2.75, 3.05) is 7.05 Å². The molecule has 1 aliphatic rings. The first-order valence-corrected chi connectivity index (χ1v) is 4.49. The van der Waals surface area contributed by atoms with Crippen LogP contribution in [0.4, 0.5) is 4.79 Å². The standard InChI is InChI=1S/C9H14N3O.HI/c1-10-5-6-12(7-10)9(13)11(2)8-3-4-8;/h5-8H,3-4H2,1-2H3;1H/q+1;/p-1. The number of hydrogen-bond acceptors (Lipinski definition) is 1. The molecule has 0 N–H and O–H groups in total. The number of rotatable bonds is 1. The Bertz CT molecular complexity index is 333. The zero-order valence-corrected chi connectivity index (χ0v) is 10.5. The van der Waals surface area contributed by atoms with Crippen molar-refractivity contribution >= 4 is 6.03 Å². The van der Waals surface area contributed by atoms with E-state index in [1.54, 1.807) is 22.0 Å². The van der Waals surface area contributed by atoms with Crippen LogP contribution in [-0.4, -0.2) is 28.6 Å². The van der Waals surface area contributed by atoms with Gasteiger partial charge in [-0.05, 0) is 12.8 Å². The third-order valence-corrected chi connectivity index (χ3v) is 2.39. The van der Waals surface area contributed by atoms with E-state index in [-0.39, 0.29) is 30.0 Å². The average Bonchev–Trinajstić information content (AvgIpc) is 2.87. The van der Waals surface area contributed by atoms with Gasteiger partial charge in [0, 0.05) is 13.1 Å². The number of aryl methyl sites for hydroxylation is 1. The third-order valence-electron chi connectivity index (χ3n) is 2.39. The SMILES string of the molecule is CN(C(=O)n1cc[n+](C)c1)C1CC1.[I-].